The van der Waals surface area contributed by atoms with Crippen molar-refractivity contribution >= 4 is 0 Å². The van der Waals surface area contributed by atoms with E-state index in [2.05, 4.69) is 11.3 Å². The molecule has 0 saturated carbocycles. The van der Waals surface area contributed by atoms with E-state index in [9.17, 15) is 0 Å². The molecule has 3 radical (unpaired) electrons. The van der Waals surface area contributed by atoms with Crippen LogP contribution in [-0.2, 0) is 4.74 Å². The fourth-order valence-corrected chi connectivity index (χ4v) is 0. The van der Waals surface area contributed by atoms with E-state index in [1.54, 1.807) is 0 Å². The lowest BCUT2D eigenvalue weighted by Crippen LogP contribution is -1.47. The molecule has 0 aromatic rings. The third kappa shape index (κ3) is 1.54. The standard InChI is InChI=1S/C3H3O/c1-3-4-2/h3H,1H2. The summed E-state index contributed by atoms with van der Waals surface area (Å²) in [5.41, 5.74) is 0. The molecule has 0 aromatic heterocycles. The van der Waals surface area contributed by atoms with Gasteiger partial charge in [0, 0.05) is 0 Å². The van der Waals surface area contributed by atoms with Gasteiger partial charge in [-0.25, -0.2) is 0 Å². The molecule has 0 bridgehead atoms. The topological polar surface area (TPSA) is 9.23 Å². The highest BCUT2D eigenvalue weighted by atomic mass is 16.5. The van der Waals surface area contributed by atoms with Crippen LogP contribution in [-0.4, -0.2) is 0 Å². The minimum atomic E-state index is 1.04. The highest BCUT2D eigenvalue weighted by Crippen LogP contribution is 1.56. The number of ether oxygens (including phenoxy) is 1. The van der Waals surface area contributed by atoms with Gasteiger partial charge < -0.3 is 4.74 Å². The predicted molar refractivity (Wildman–Crippen MR) is 14.5 cm³/mol. The van der Waals surface area contributed by atoms with Crippen LogP contribution in [0.1, 0.15) is 0 Å². The Morgan fingerprint density at radius 2 is 2.25 bits per heavy atom. The van der Waals surface area contributed by atoms with Crippen molar-refractivity contribution in [3.63, 3.8) is 0 Å². The Morgan fingerprint density at radius 3 is 2.25 bits per heavy atom. The Labute approximate surface area is 25.9 Å². The van der Waals surface area contributed by atoms with E-state index < -0.39 is 0 Å². The van der Waals surface area contributed by atoms with Gasteiger partial charge in [-0.2, -0.15) is 0 Å². The molecule has 1 heteroatoms. The van der Waals surface area contributed by atoms with E-state index in [1.807, 2.05) is 0 Å². The van der Waals surface area contributed by atoms with Crippen molar-refractivity contribution in [3.05, 3.63) is 20.0 Å². The van der Waals surface area contributed by atoms with Gasteiger partial charge >= 0.3 is 0 Å². The van der Waals surface area contributed by atoms with Crippen molar-refractivity contribution in [2.75, 3.05) is 0 Å². The van der Waals surface area contributed by atoms with Crippen LogP contribution in [0, 0.1) is 7.11 Å². The maximum absolute atomic E-state index is 5.83. The molecule has 21 valence electrons. The zero-order valence-corrected chi connectivity index (χ0v) is 2.19. The fraction of sp³-hybridized carbons (Fsp3) is 0. The van der Waals surface area contributed by atoms with Gasteiger partial charge in [-0.05, 0) is 0 Å². The number of hydrogen-bond acceptors (Lipinski definition) is 1. The van der Waals surface area contributed by atoms with Crippen LogP contribution in [0.3, 0.4) is 0 Å². The second-order valence-electron chi connectivity index (χ2n) is 0.285. The Morgan fingerprint density at radius 1 is 2.00 bits per heavy atom. The maximum atomic E-state index is 5.83. The molecule has 0 spiro atoms. The van der Waals surface area contributed by atoms with Gasteiger partial charge in [0.2, 0.25) is 0 Å². The second kappa shape index (κ2) is 2.54. The van der Waals surface area contributed by atoms with Crippen LogP contribution >= 0.6 is 0 Å². The summed E-state index contributed by atoms with van der Waals surface area (Å²) in [6.07, 6.45) is 1.04. The lowest BCUT2D eigenvalue weighted by Gasteiger charge is -1.68. The molecule has 0 amide bonds. The summed E-state index contributed by atoms with van der Waals surface area (Å²) >= 11 is 0. The maximum Gasteiger partial charge on any atom is 0.252 e. The molecule has 0 aromatic carbocycles. The average molecular weight is 55.1 g/mol. The molecule has 0 unspecified atom stereocenters. The summed E-state index contributed by atoms with van der Waals surface area (Å²) < 4.78 is 3.56. The van der Waals surface area contributed by atoms with Crippen molar-refractivity contribution in [2.45, 2.75) is 0 Å². The Bertz CT molecular complexity index is 17.2. The Hall–Kier alpha value is -0.460. The van der Waals surface area contributed by atoms with Crippen molar-refractivity contribution < 1.29 is 4.74 Å². The second-order valence-corrected chi connectivity index (χ2v) is 0.285. The van der Waals surface area contributed by atoms with Gasteiger partial charge in [0.1, 0.15) is 0 Å². The molecule has 0 N–H and O–H groups in total. The molecule has 0 aliphatic heterocycles. The highest BCUT2D eigenvalue weighted by molar-refractivity contribution is 4.45. The van der Waals surface area contributed by atoms with Crippen molar-refractivity contribution in [2.24, 2.45) is 0 Å². The lowest BCUT2D eigenvalue weighted by atomic mass is 11.2. The van der Waals surface area contributed by atoms with Gasteiger partial charge in [-0.3, -0.25) is 0 Å². The van der Waals surface area contributed by atoms with E-state index in [1.165, 1.54) is 0 Å². The zero-order chi connectivity index (χ0) is 3.41. The van der Waals surface area contributed by atoms with E-state index >= 15 is 0 Å². The van der Waals surface area contributed by atoms with Crippen molar-refractivity contribution in [3.8, 4) is 0 Å². The molecule has 0 atom stereocenters. The largest absolute Gasteiger partial charge is 0.482 e. The average Bonchev–Trinajstić information content (AvgIpc) is 1.37. The van der Waals surface area contributed by atoms with E-state index in [4.69, 9.17) is 7.11 Å². The van der Waals surface area contributed by atoms with Crippen LogP contribution in [0.15, 0.2) is 12.8 Å². The minimum Gasteiger partial charge on any atom is -0.482 e. The summed E-state index contributed by atoms with van der Waals surface area (Å²) in [6, 6.07) is 0. The Balaban J connectivity index is 2.30. The smallest absolute Gasteiger partial charge is 0.252 e. The van der Waals surface area contributed by atoms with E-state index in [-0.39, 0.29) is 0 Å². The first-order chi connectivity index (χ1) is 1.91. The van der Waals surface area contributed by atoms with Gasteiger partial charge in [0.05, 0.1) is 6.26 Å². The molecule has 1 nitrogen and oxygen atoms in total. The van der Waals surface area contributed by atoms with Crippen LogP contribution < -0.4 is 0 Å². The molecular weight excluding hydrogens is 52.0 g/mol. The molecule has 0 saturated heterocycles. The van der Waals surface area contributed by atoms with Gasteiger partial charge in [-0.15, -0.1) is 0 Å². The quantitative estimate of drug-likeness (QED) is 0.401. The van der Waals surface area contributed by atoms with Crippen LogP contribution in [0.5, 0.6) is 0 Å². The van der Waals surface area contributed by atoms with E-state index in [0.717, 1.165) is 6.26 Å². The summed E-state index contributed by atoms with van der Waals surface area (Å²) in [5, 5.41) is 0. The summed E-state index contributed by atoms with van der Waals surface area (Å²) in [5.74, 6) is 0. The molecule has 0 aliphatic carbocycles. The van der Waals surface area contributed by atoms with Crippen molar-refractivity contribution in [1.29, 1.82) is 0 Å². The van der Waals surface area contributed by atoms with Crippen LogP contribution in [0.2, 0.25) is 0 Å². The van der Waals surface area contributed by atoms with Crippen molar-refractivity contribution in [1.82, 2.24) is 0 Å². The summed E-state index contributed by atoms with van der Waals surface area (Å²) in [4.78, 5) is 0. The monoisotopic (exact) mass is 55.0 g/mol. The zero-order valence-electron chi connectivity index (χ0n) is 2.19. The minimum absolute atomic E-state index is 1.04. The van der Waals surface area contributed by atoms with Gasteiger partial charge in [0.15, 0.2) is 0 Å². The molecule has 4 heavy (non-hydrogen) atoms. The molecule has 0 aliphatic rings. The van der Waals surface area contributed by atoms with Gasteiger partial charge in [0.25, 0.3) is 7.11 Å². The molecule has 0 heterocycles. The molecule has 0 fully saturated rings. The first-order valence-electron chi connectivity index (χ1n) is 0.848. The highest BCUT2D eigenvalue weighted by Gasteiger charge is 1.40. The normalized spacial score (nSPS) is 5.25. The lowest BCUT2D eigenvalue weighted by molar-refractivity contribution is 0.396. The van der Waals surface area contributed by atoms with Crippen LogP contribution in [0.4, 0.5) is 0 Å². The summed E-state index contributed by atoms with van der Waals surface area (Å²) in [6.45, 7) is 3.07. The number of hydrogen-bond donors (Lipinski definition) is 0. The first-order valence-corrected chi connectivity index (χ1v) is 0.848. The predicted octanol–water partition coefficient (Wildman–Crippen LogP) is 0.692. The third-order valence-corrected chi connectivity index (χ3v) is 0.0833. The van der Waals surface area contributed by atoms with Gasteiger partial charge in [-0.1, -0.05) is 6.58 Å². The third-order valence-electron chi connectivity index (χ3n) is 0.0833. The Kier molecular flexibility index (Phi) is 2.25. The number of rotatable bonds is 1. The first kappa shape index (κ1) is 3.54. The SMILES string of the molecule is [C]OC=C. The summed E-state index contributed by atoms with van der Waals surface area (Å²) in [7, 11) is 5.83. The van der Waals surface area contributed by atoms with Crippen LogP contribution in [0.25, 0.3) is 0 Å². The molecule has 0 rings (SSSR count). The fourth-order valence-electron chi connectivity index (χ4n) is 0. The molecular formula is C3H3O. The van der Waals surface area contributed by atoms with E-state index in [0.29, 0.717) is 0 Å².